The number of amidine groups is 1. The summed E-state index contributed by atoms with van der Waals surface area (Å²) in [6, 6.07) is 0. The highest BCUT2D eigenvalue weighted by Crippen LogP contribution is 2.11. The molecule has 2 rings (SSSR count). The maximum absolute atomic E-state index is 10.8. The van der Waals surface area contributed by atoms with Crippen LogP contribution in [-0.2, 0) is 12.2 Å². The van der Waals surface area contributed by atoms with Crippen molar-refractivity contribution >= 4 is 17.6 Å². The minimum absolute atomic E-state index is 0.260. The lowest BCUT2D eigenvalue weighted by molar-refractivity contribution is -0.463. The van der Waals surface area contributed by atoms with Crippen molar-refractivity contribution in [3.8, 4) is 0 Å². The fraction of sp³-hybridized carbons (Fsp3) is 0.562. The number of hydrogen-bond donors (Lipinski definition) is 3. The van der Waals surface area contributed by atoms with Crippen LogP contribution in [0.3, 0.4) is 0 Å². The molecule has 2 heterocycles. The average Bonchev–Trinajstić information content (AvgIpc) is 3.25. The first-order valence-corrected chi connectivity index (χ1v) is 9.73. The second-order valence-electron chi connectivity index (χ2n) is 5.81. The standard InChI is InChI=1S/C16H25N7O2S/c1-13-15(22-12-20-13)10-26-7-6-19-16(9-23(24)25)18-5-3-2-4-14-8-17-11-21-14/h8,11-12H,2-7,9-10H2,1H3,(H,17,21)(H,18,19)(H,20,22). The molecule has 0 aliphatic rings. The van der Waals surface area contributed by atoms with E-state index in [-0.39, 0.29) is 11.5 Å². The fourth-order valence-corrected chi connectivity index (χ4v) is 3.19. The second-order valence-corrected chi connectivity index (χ2v) is 6.91. The number of nitrogens with one attached hydrogen (secondary N) is 3. The van der Waals surface area contributed by atoms with Gasteiger partial charge in [-0.15, -0.1) is 0 Å². The molecule has 0 atom stereocenters. The molecular formula is C16H25N7O2S. The third kappa shape index (κ3) is 7.68. The Bertz CT molecular complexity index is 685. The van der Waals surface area contributed by atoms with Gasteiger partial charge in [-0.25, -0.2) is 9.97 Å². The summed E-state index contributed by atoms with van der Waals surface area (Å²) >= 11 is 1.74. The van der Waals surface area contributed by atoms with Crippen molar-refractivity contribution in [1.82, 2.24) is 25.3 Å². The average molecular weight is 379 g/mol. The van der Waals surface area contributed by atoms with Crippen molar-refractivity contribution in [2.45, 2.75) is 31.9 Å². The largest absolute Gasteiger partial charge is 0.368 e. The highest BCUT2D eigenvalue weighted by Gasteiger charge is 2.07. The highest BCUT2D eigenvalue weighted by atomic mass is 32.2. The number of nitrogens with zero attached hydrogens (tertiary/aromatic N) is 4. The van der Waals surface area contributed by atoms with Gasteiger partial charge >= 0.3 is 0 Å². The zero-order chi connectivity index (χ0) is 18.6. The fourth-order valence-electron chi connectivity index (χ4n) is 2.32. The molecule has 2 aromatic heterocycles. The Morgan fingerprint density at radius 1 is 1.38 bits per heavy atom. The molecule has 0 aromatic carbocycles. The smallest absolute Gasteiger partial charge is 0.259 e. The van der Waals surface area contributed by atoms with Gasteiger partial charge in [0.15, 0.2) is 5.84 Å². The summed E-state index contributed by atoms with van der Waals surface area (Å²) in [6.45, 7) is 2.97. The lowest BCUT2D eigenvalue weighted by Crippen LogP contribution is -2.32. The van der Waals surface area contributed by atoms with E-state index in [9.17, 15) is 10.1 Å². The van der Waals surface area contributed by atoms with Gasteiger partial charge in [0.1, 0.15) is 0 Å². The molecule has 142 valence electrons. The van der Waals surface area contributed by atoms with Crippen LogP contribution in [0, 0.1) is 17.0 Å². The van der Waals surface area contributed by atoms with Crippen LogP contribution in [-0.4, -0.2) is 56.1 Å². The second kappa shape index (κ2) is 11.3. The number of H-pyrrole nitrogens is 2. The van der Waals surface area contributed by atoms with Crippen LogP contribution < -0.4 is 5.32 Å². The van der Waals surface area contributed by atoms with Crippen molar-refractivity contribution in [3.63, 3.8) is 0 Å². The maximum atomic E-state index is 10.8. The molecule has 0 saturated carbocycles. The first-order chi connectivity index (χ1) is 12.6. The number of rotatable bonds is 12. The van der Waals surface area contributed by atoms with Gasteiger partial charge in [-0.2, -0.15) is 11.8 Å². The number of aliphatic imine (C=N–C) groups is 1. The number of thioether (sulfide) groups is 1. The monoisotopic (exact) mass is 379 g/mol. The zero-order valence-corrected chi connectivity index (χ0v) is 15.7. The minimum Gasteiger partial charge on any atom is -0.368 e. The van der Waals surface area contributed by atoms with Gasteiger partial charge in [-0.1, -0.05) is 0 Å². The molecule has 10 heteroatoms. The van der Waals surface area contributed by atoms with Crippen molar-refractivity contribution < 1.29 is 4.92 Å². The number of hydrogen-bond acceptors (Lipinski definition) is 6. The molecule has 0 unspecified atom stereocenters. The van der Waals surface area contributed by atoms with E-state index in [2.05, 4.69) is 30.2 Å². The van der Waals surface area contributed by atoms with Crippen LogP contribution >= 0.6 is 11.8 Å². The number of imidazole rings is 2. The predicted molar refractivity (Wildman–Crippen MR) is 103 cm³/mol. The van der Waals surface area contributed by atoms with Gasteiger partial charge in [-0.05, 0) is 26.2 Å². The topological polar surface area (TPSA) is 125 Å². The summed E-state index contributed by atoms with van der Waals surface area (Å²) in [5.41, 5.74) is 3.23. The first kappa shape index (κ1) is 20.0. The first-order valence-electron chi connectivity index (χ1n) is 8.58. The number of aromatic nitrogens is 4. The van der Waals surface area contributed by atoms with Crippen LogP contribution in [0.25, 0.3) is 0 Å². The number of aryl methyl sites for hydroxylation is 2. The van der Waals surface area contributed by atoms with E-state index in [1.54, 1.807) is 24.4 Å². The molecule has 0 fully saturated rings. The van der Waals surface area contributed by atoms with Gasteiger partial charge in [0, 0.05) is 47.1 Å². The third-order valence-electron chi connectivity index (χ3n) is 3.74. The van der Waals surface area contributed by atoms with Gasteiger partial charge in [0.05, 0.1) is 18.3 Å². The van der Waals surface area contributed by atoms with Gasteiger partial charge in [0.2, 0.25) is 0 Å². The molecule has 2 aromatic rings. The molecule has 0 amide bonds. The summed E-state index contributed by atoms with van der Waals surface area (Å²) in [5, 5.41) is 13.9. The van der Waals surface area contributed by atoms with Crippen molar-refractivity contribution in [1.29, 1.82) is 0 Å². The normalized spacial score (nSPS) is 11.7. The summed E-state index contributed by atoms with van der Waals surface area (Å²) in [6.07, 6.45) is 7.93. The quantitative estimate of drug-likeness (QED) is 0.170. The SMILES string of the molecule is Cc1[nH]cnc1CSCCNC(C[N+](=O)[O-])=NCCCCc1cnc[nH]1. The summed E-state index contributed by atoms with van der Waals surface area (Å²) in [7, 11) is 0. The summed E-state index contributed by atoms with van der Waals surface area (Å²) in [4.78, 5) is 29.1. The zero-order valence-electron chi connectivity index (χ0n) is 14.9. The Morgan fingerprint density at radius 3 is 2.96 bits per heavy atom. The lowest BCUT2D eigenvalue weighted by Gasteiger charge is -2.07. The number of aromatic amines is 2. The van der Waals surface area contributed by atoms with Crippen molar-refractivity contribution in [2.24, 2.45) is 4.99 Å². The van der Waals surface area contributed by atoms with Crippen LogP contribution in [0.15, 0.2) is 23.8 Å². The Balaban J connectivity index is 1.63. The minimum atomic E-state index is -0.351. The molecular weight excluding hydrogens is 354 g/mol. The molecule has 0 spiro atoms. The number of unbranched alkanes of at least 4 members (excludes halogenated alkanes) is 1. The van der Waals surface area contributed by atoms with Crippen molar-refractivity contribution in [2.75, 3.05) is 25.4 Å². The van der Waals surface area contributed by atoms with E-state index in [0.717, 1.165) is 47.8 Å². The summed E-state index contributed by atoms with van der Waals surface area (Å²) < 4.78 is 0. The summed E-state index contributed by atoms with van der Waals surface area (Å²) in [5.74, 6) is 2.11. The van der Waals surface area contributed by atoms with Crippen LogP contribution in [0.1, 0.15) is 29.9 Å². The lowest BCUT2D eigenvalue weighted by atomic mass is 10.2. The highest BCUT2D eigenvalue weighted by molar-refractivity contribution is 7.98. The van der Waals surface area contributed by atoms with E-state index in [0.29, 0.717) is 18.9 Å². The molecule has 0 radical (unpaired) electrons. The van der Waals surface area contributed by atoms with E-state index >= 15 is 0 Å². The van der Waals surface area contributed by atoms with Crippen LogP contribution in [0.2, 0.25) is 0 Å². The Labute approximate surface area is 156 Å². The Hall–Kier alpha value is -2.36. The number of nitro groups is 1. The van der Waals surface area contributed by atoms with E-state index in [4.69, 9.17) is 0 Å². The van der Waals surface area contributed by atoms with Crippen molar-refractivity contribution in [3.05, 3.63) is 46.0 Å². The van der Waals surface area contributed by atoms with E-state index in [1.165, 1.54) is 0 Å². The molecule has 0 saturated heterocycles. The maximum Gasteiger partial charge on any atom is 0.259 e. The molecule has 9 nitrogen and oxygen atoms in total. The van der Waals surface area contributed by atoms with Gasteiger partial charge < -0.3 is 15.3 Å². The van der Waals surface area contributed by atoms with Crippen LogP contribution in [0.4, 0.5) is 0 Å². The van der Waals surface area contributed by atoms with Crippen LogP contribution in [0.5, 0.6) is 0 Å². The Morgan fingerprint density at radius 2 is 2.27 bits per heavy atom. The predicted octanol–water partition coefficient (Wildman–Crippen LogP) is 1.96. The molecule has 26 heavy (non-hydrogen) atoms. The molecule has 0 bridgehead atoms. The molecule has 0 aliphatic carbocycles. The van der Waals surface area contributed by atoms with Gasteiger partial charge in [-0.3, -0.25) is 15.1 Å². The Kier molecular flexibility index (Phi) is 8.67. The third-order valence-corrected chi connectivity index (χ3v) is 4.71. The van der Waals surface area contributed by atoms with E-state index in [1.807, 2.05) is 13.1 Å². The molecule has 0 aliphatic heterocycles. The molecule has 3 N–H and O–H groups in total. The van der Waals surface area contributed by atoms with E-state index < -0.39 is 0 Å². The van der Waals surface area contributed by atoms with Gasteiger partial charge in [0.25, 0.3) is 6.54 Å².